The Morgan fingerprint density at radius 3 is 1.38 bits per heavy atom. The third-order valence-corrected chi connectivity index (χ3v) is 3.84. The van der Waals surface area contributed by atoms with E-state index < -0.39 is 22.9 Å². The van der Waals surface area contributed by atoms with E-state index in [4.69, 9.17) is 10.2 Å². The van der Waals surface area contributed by atoms with Crippen LogP contribution in [0, 0.1) is 0 Å². The number of carboxylic acids is 2. The van der Waals surface area contributed by atoms with Gasteiger partial charge in [0, 0.05) is 6.61 Å². The molecule has 0 bridgehead atoms. The summed E-state index contributed by atoms with van der Waals surface area (Å²) in [5.41, 5.74) is 0. The van der Waals surface area contributed by atoms with Crippen LogP contribution in [0.2, 0.25) is 0 Å². The van der Waals surface area contributed by atoms with Crippen molar-refractivity contribution < 1.29 is 62.0 Å². The van der Waals surface area contributed by atoms with Crippen LogP contribution in [0.25, 0.3) is 0 Å². The van der Waals surface area contributed by atoms with Crippen LogP contribution in [-0.2, 0) is 33.2 Å². The summed E-state index contributed by atoms with van der Waals surface area (Å²) in [6.45, 7) is 2.58. The zero-order chi connectivity index (χ0) is 19.3. The summed E-state index contributed by atoms with van der Waals surface area (Å²) in [7, 11) is -2.33. The molecular weight excluding hydrogens is 371 g/mol. The van der Waals surface area contributed by atoms with Crippen molar-refractivity contribution in [3.8, 4) is 0 Å². The molecule has 0 aromatic carbocycles. The van der Waals surface area contributed by atoms with Crippen molar-refractivity contribution in [2.45, 2.75) is 90.4 Å². The monoisotopic (exact) mass is 404 g/mol. The van der Waals surface area contributed by atoms with E-state index in [1.807, 2.05) is 0 Å². The van der Waals surface area contributed by atoms with E-state index >= 15 is 0 Å². The van der Waals surface area contributed by atoms with E-state index in [-0.39, 0.29) is 42.4 Å². The van der Waals surface area contributed by atoms with Gasteiger partial charge in [0.25, 0.3) is 0 Å². The summed E-state index contributed by atoms with van der Waals surface area (Å²) in [5.74, 6) is -2.15. The molecule has 0 aliphatic heterocycles. The van der Waals surface area contributed by atoms with Gasteiger partial charge < -0.3 is 22.8 Å². The first-order valence-corrected chi connectivity index (χ1v) is 10.1. The average Bonchev–Trinajstić information content (AvgIpc) is 2.54. The Morgan fingerprint density at radius 2 is 1.08 bits per heavy atom. The van der Waals surface area contributed by atoms with Gasteiger partial charge in [0.05, 0.1) is 23.8 Å². The Kier molecular flexibility index (Phi) is 29.2. The molecule has 0 unspecified atom stereocenters. The van der Waals surface area contributed by atoms with Crippen molar-refractivity contribution in [3.05, 3.63) is 0 Å². The minimum absolute atomic E-state index is 0. The number of hydrogen-bond acceptors (Lipinski definition) is 6. The molecule has 26 heavy (non-hydrogen) atoms. The summed E-state index contributed by atoms with van der Waals surface area (Å²) in [6.07, 6.45) is 13.3. The van der Waals surface area contributed by atoms with Crippen molar-refractivity contribution in [2.75, 3.05) is 6.61 Å². The van der Waals surface area contributed by atoms with Gasteiger partial charge in [0.2, 0.25) is 0 Å². The molecule has 2 N–H and O–H groups in total. The molecule has 150 valence electrons. The standard InChI is InChI=1S/C13H27O3S.C4H6O4.Na/c1-2-3-4-5-6-7-8-9-10-11-12-13-16-17(14)15;5-3(6)1-2-4(7)8;/h2-13H2,1H3;1-2H2,(H,5,6)(H,7,8);/q-1;;+1. The predicted octanol–water partition coefficient (Wildman–Crippen LogP) is 1.48. The molecule has 0 heterocycles. The molecule has 0 aromatic heterocycles. The SMILES string of the molecule is CCCCCCCCCCCCCO[S-](=O)=O.O=C(O)CCC(=O)O.[Na+]. The second kappa shape index (κ2) is 24.8. The van der Waals surface area contributed by atoms with Gasteiger partial charge in [-0.25, -0.2) is 0 Å². The van der Waals surface area contributed by atoms with Crippen LogP contribution >= 0.6 is 0 Å². The number of rotatable bonds is 16. The Morgan fingerprint density at radius 1 is 0.731 bits per heavy atom. The number of carbonyl (C=O) groups is 2. The van der Waals surface area contributed by atoms with Crippen molar-refractivity contribution >= 4 is 22.9 Å². The van der Waals surface area contributed by atoms with Gasteiger partial charge in [0.15, 0.2) is 0 Å². The fourth-order valence-corrected chi connectivity index (χ4v) is 2.36. The third kappa shape index (κ3) is 35.0. The zero-order valence-electron chi connectivity index (χ0n) is 16.2. The predicted molar refractivity (Wildman–Crippen MR) is 95.7 cm³/mol. The van der Waals surface area contributed by atoms with E-state index in [2.05, 4.69) is 11.1 Å². The normalized spacial score (nSPS) is 9.92. The summed E-state index contributed by atoms with van der Waals surface area (Å²) in [5, 5.41) is 15.8. The molecular formula is C17H33NaO7S. The van der Waals surface area contributed by atoms with E-state index in [0.717, 1.165) is 12.8 Å². The minimum atomic E-state index is -2.33. The van der Waals surface area contributed by atoms with Gasteiger partial charge in [-0.3, -0.25) is 9.59 Å². The van der Waals surface area contributed by atoms with E-state index in [0.29, 0.717) is 6.61 Å². The summed E-state index contributed by atoms with van der Waals surface area (Å²) >= 11 is 0. The first-order valence-electron chi connectivity index (χ1n) is 9.06. The zero-order valence-corrected chi connectivity index (χ0v) is 19.1. The second-order valence-electron chi connectivity index (χ2n) is 5.85. The smallest absolute Gasteiger partial charge is 0.481 e. The first kappa shape index (κ1) is 30.6. The van der Waals surface area contributed by atoms with Gasteiger partial charge in [-0.1, -0.05) is 71.1 Å². The van der Waals surface area contributed by atoms with E-state index in [1.165, 1.54) is 57.8 Å². The molecule has 7 nitrogen and oxygen atoms in total. The van der Waals surface area contributed by atoms with Crippen molar-refractivity contribution in [1.82, 2.24) is 0 Å². The second-order valence-corrected chi connectivity index (χ2v) is 6.49. The molecule has 0 spiro atoms. The van der Waals surface area contributed by atoms with Crippen molar-refractivity contribution in [1.29, 1.82) is 0 Å². The first-order chi connectivity index (χ1) is 11.9. The van der Waals surface area contributed by atoms with E-state index in [9.17, 15) is 18.0 Å². The number of unbranched alkanes of at least 4 members (excludes halogenated alkanes) is 10. The van der Waals surface area contributed by atoms with Gasteiger partial charge in [0.1, 0.15) is 0 Å². The van der Waals surface area contributed by atoms with Gasteiger partial charge in [-0.2, -0.15) is 0 Å². The number of aliphatic carboxylic acids is 2. The number of carboxylic acid groups (broad SMARTS) is 2. The molecule has 0 rings (SSSR count). The largest absolute Gasteiger partial charge is 1.00 e. The van der Waals surface area contributed by atoms with Crippen LogP contribution in [0.4, 0.5) is 0 Å². The Balaban J connectivity index is -0.000000498. The number of hydrogen-bond donors (Lipinski definition) is 2. The molecule has 0 atom stereocenters. The maximum atomic E-state index is 10.1. The summed E-state index contributed by atoms with van der Waals surface area (Å²) in [6, 6.07) is 0. The molecule has 0 aliphatic rings. The van der Waals surface area contributed by atoms with Crippen LogP contribution in [0.15, 0.2) is 0 Å². The topological polar surface area (TPSA) is 118 Å². The summed E-state index contributed by atoms with van der Waals surface area (Å²) in [4.78, 5) is 19.3. The van der Waals surface area contributed by atoms with Gasteiger partial charge >= 0.3 is 41.5 Å². The van der Waals surface area contributed by atoms with E-state index in [1.54, 1.807) is 0 Å². The maximum Gasteiger partial charge on any atom is 1.00 e. The Labute approximate surface area is 181 Å². The molecule has 0 aromatic rings. The van der Waals surface area contributed by atoms with Crippen LogP contribution in [0.5, 0.6) is 0 Å². The molecule has 0 fully saturated rings. The fourth-order valence-electron chi connectivity index (χ4n) is 2.11. The minimum Gasteiger partial charge on any atom is -0.481 e. The summed E-state index contributed by atoms with van der Waals surface area (Å²) < 4.78 is 24.6. The van der Waals surface area contributed by atoms with Gasteiger partial charge in [-0.15, -0.1) is 0 Å². The molecule has 9 heteroatoms. The molecule has 0 aliphatic carbocycles. The molecule has 0 radical (unpaired) electrons. The van der Waals surface area contributed by atoms with Crippen molar-refractivity contribution in [3.63, 3.8) is 0 Å². The average molecular weight is 405 g/mol. The fraction of sp³-hybridized carbons (Fsp3) is 0.882. The Hall–Kier alpha value is -0.150. The third-order valence-electron chi connectivity index (χ3n) is 3.48. The van der Waals surface area contributed by atoms with Gasteiger partial charge in [-0.05, 0) is 6.42 Å². The van der Waals surface area contributed by atoms with Crippen LogP contribution in [0.3, 0.4) is 0 Å². The van der Waals surface area contributed by atoms with Crippen LogP contribution in [-0.4, -0.2) is 28.8 Å². The molecule has 0 saturated heterocycles. The maximum absolute atomic E-state index is 10.1. The van der Waals surface area contributed by atoms with Crippen molar-refractivity contribution in [2.24, 2.45) is 0 Å². The molecule has 0 amide bonds. The van der Waals surface area contributed by atoms with Crippen LogP contribution < -0.4 is 29.6 Å². The molecule has 0 saturated carbocycles. The Bertz CT molecular complexity index is 379. The quantitative estimate of drug-likeness (QED) is 0.227. The van der Waals surface area contributed by atoms with Crippen LogP contribution in [0.1, 0.15) is 90.4 Å².